The Balaban J connectivity index is 1.72. The van der Waals surface area contributed by atoms with Gasteiger partial charge in [0, 0.05) is 13.0 Å². The van der Waals surface area contributed by atoms with E-state index in [0.29, 0.717) is 13.0 Å². The summed E-state index contributed by atoms with van der Waals surface area (Å²) in [5.41, 5.74) is 0. The van der Waals surface area contributed by atoms with Crippen molar-refractivity contribution in [2.45, 2.75) is 280 Å². The number of rotatable bonds is 46. The maximum Gasteiger partial charge on any atom is 0.306 e. The van der Waals surface area contributed by atoms with Crippen molar-refractivity contribution < 1.29 is 69.0 Å². The van der Waals surface area contributed by atoms with Gasteiger partial charge in [0.05, 0.1) is 26.4 Å². The van der Waals surface area contributed by atoms with Crippen LogP contribution >= 0.6 is 0 Å². The van der Waals surface area contributed by atoms with Crippen molar-refractivity contribution in [1.29, 1.82) is 0 Å². The fraction of sp³-hybridized carbons (Fsp3) is 0.845. The third kappa shape index (κ3) is 31.7. The lowest BCUT2D eigenvalue weighted by Gasteiger charge is -2.42. The summed E-state index contributed by atoms with van der Waals surface area (Å²) in [4.78, 5) is 13.1. The van der Waals surface area contributed by atoms with Gasteiger partial charge in [0.25, 0.3) is 0 Å². The summed E-state index contributed by atoms with van der Waals surface area (Å²) >= 11 is 0. The molecule has 2 rings (SSSR count). The first-order chi connectivity index (χ1) is 35.1. The summed E-state index contributed by atoms with van der Waals surface area (Å²) in [6.45, 7) is 3.66. The number of aliphatic hydroxyl groups is 7. The van der Waals surface area contributed by atoms with Gasteiger partial charge in [-0.05, 0) is 77.0 Å². The van der Waals surface area contributed by atoms with Crippen LogP contribution in [0.15, 0.2) is 48.6 Å². The molecule has 14 nitrogen and oxygen atoms in total. The predicted octanol–water partition coefficient (Wildman–Crippen LogP) is 9.91. The standard InChI is InChI=1S/C58H104O14/c1-3-5-7-9-11-13-15-17-19-20-21-22-23-24-25-26-27-29-31-33-35-37-39-41-50(60)70-47(44-67-42-40-38-36-34-32-30-28-18-16-14-12-10-8-6-4-2)45-68-57-56(66)54(64)52(62)49(72-57)46-69-58-55(65)53(63)51(61)48(43-59)71-58/h15-18,20-21,23-24,47-49,51-59,61-66H,3-14,19,22,25-46H2,1-2H3/b17-15-,18-16-,21-20-,24-23-. The Labute approximate surface area is 435 Å². The first kappa shape index (κ1) is 66.1. The lowest BCUT2D eigenvalue weighted by atomic mass is 9.98. The number of unbranched alkanes of at least 4 members (excludes halogenated alkanes) is 24. The minimum Gasteiger partial charge on any atom is -0.457 e. The van der Waals surface area contributed by atoms with E-state index in [1.165, 1.54) is 122 Å². The molecule has 11 atom stereocenters. The van der Waals surface area contributed by atoms with E-state index < -0.39 is 80.7 Å². The highest BCUT2D eigenvalue weighted by Gasteiger charge is 2.47. The fourth-order valence-electron chi connectivity index (χ4n) is 8.88. The van der Waals surface area contributed by atoms with E-state index in [9.17, 15) is 40.5 Å². The minimum absolute atomic E-state index is 0.0539. The molecule has 0 aliphatic carbocycles. The van der Waals surface area contributed by atoms with E-state index in [1.54, 1.807) is 0 Å². The van der Waals surface area contributed by atoms with Gasteiger partial charge in [-0.25, -0.2) is 0 Å². The molecule has 72 heavy (non-hydrogen) atoms. The maximum absolute atomic E-state index is 13.1. The second kappa shape index (κ2) is 45.2. The third-order valence-corrected chi connectivity index (χ3v) is 13.6. The van der Waals surface area contributed by atoms with E-state index in [0.717, 1.165) is 64.2 Å². The maximum atomic E-state index is 13.1. The van der Waals surface area contributed by atoms with Gasteiger partial charge in [-0.1, -0.05) is 178 Å². The zero-order valence-corrected chi connectivity index (χ0v) is 44.9. The van der Waals surface area contributed by atoms with E-state index in [1.807, 2.05) is 0 Å². The number of ether oxygens (including phenoxy) is 6. The van der Waals surface area contributed by atoms with E-state index in [-0.39, 0.29) is 25.6 Å². The molecule has 11 unspecified atom stereocenters. The van der Waals surface area contributed by atoms with Crippen molar-refractivity contribution in [1.82, 2.24) is 0 Å². The van der Waals surface area contributed by atoms with Crippen LogP contribution in [0, 0.1) is 0 Å². The summed E-state index contributed by atoms with van der Waals surface area (Å²) < 4.78 is 34.4. The van der Waals surface area contributed by atoms with Crippen LogP contribution in [0.4, 0.5) is 0 Å². The highest BCUT2D eigenvalue weighted by molar-refractivity contribution is 5.69. The predicted molar refractivity (Wildman–Crippen MR) is 284 cm³/mol. The van der Waals surface area contributed by atoms with Crippen molar-refractivity contribution in [3.05, 3.63) is 48.6 Å². The van der Waals surface area contributed by atoms with Crippen LogP contribution in [-0.2, 0) is 33.2 Å². The molecule has 0 aromatic carbocycles. The van der Waals surface area contributed by atoms with Crippen LogP contribution in [0.1, 0.15) is 213 Å². The zero-order chi connectivity index (χ0) is 52.3. The SMILES string of the molecule is CCCCCCC/C=C\C/C=C\C/C=C\CCCCCCCCCCC(=O)OC(COCCCCCCCC/C=C\CCCCCCC)COC1OC(COC2OC(CO)C(O)C(O)C2O)C(O)C(O)C1O. The van der Waals surface area contributed by atoms with Crippen LogP contribution in [0.5, 0.6) is 0 Å². The average Bonchev–Trinajstić information content (AvgIpc) is 3.38. The largest absolute Gasteiger partial charge is 0.457 e. The molecule has 14 heteroatoms. The van der Waals surface area contributed by atoms with E-state index >= 15 is 0 Å². The second-order valence-corrected chi connectivity index (χ2v) is 20.1. The summed E-state index contributed by atoms with van der Waals surface area (Å²) in [5.74, 6) is -0.385. The van der Waals surface area contributed by atoms with Gasteiger partial charge in [-0.3, -0.25) is 4.79 Å². The number of esters is 1. The lowest BCUT2D eigenvalue weighted by molar-refractivity contribution is -0.332. The fourth-order valence-corrected chi connectivity index (χ4v) is 8.88. The Bertz CT molecular complexity index is 1370. The molecule has 0 aromatic rings. The summed E-state index contributed by atoms with van der Waals surface area (Å²) in [6.07, 6.45) is 37.4. The van der Waals surface area contributed by atoms with Crippen LogP contribution < -0.4 is 0 Å². The molecule has 7 N–H and O–H groups in total. The van der Waals surface area contributed by atoms with E-state index in [4.69, 9.17) is 28.4 Å². The topological polar surface area (TPSA) is 214 Å². The summed E-state index contributed by atoms with van der Waals surface area (Å²) in [7, 11) is 0. The Morgan fingerprint density at radius 3 is 1.36 bits per heavy atom. The van der Waals surface area contributed by atoms with Gasteiger partial charge in [0.2, 0.25) is 0 Å². The Hall–Kier alpha value is -2.05. The molecule has 0 aromatic heterocycles. The molecule has 0 spiro atoms. The van der Waals surface area contributed by atoms with Gasteiger partial charge in [-0.15, -0.1) is 0 Å². The molecule has 2 fully saturated rings. The summed E-state index contributed by atoms with van der Waals surface area (Å²) in [5, 5.41) is 72.3. The molecule has 0 bridgehead atoms. The van der Waals surface area contributed by atoms with Crippen LogP contribution in [0.2, 0.25) is 0 Å². The van der Waals surface area contributed by atoms with Gasteiger partial charge in [0.1, 0.15) is 54.9 Å². The first-order valence-electron chi connectivity index (χ1n) is 28.7. The minimum atomic E-state index is -1.71. The quantitative estimate of drug-likeness (QED) is 0.0172. The molecule has 420 valence electrons. The van der Waals surface area contributed by atoms with Crippen molar-refractivity contribution in [2.24, 2.45) is 0 Å². The van der Waals surface area contributed by atoms with Gasteiger partial charge >= 0.3 is 5.97 Å². The monoisotopic (exact) mass is 1020 g/mol. The third-order valence-electron chi connectivity index (χ3n) is 13.6. The Morgan fingerprint density at radius 2 is 0.861 bits per heavy atom. The molecule has 2 aliphatic heterocycles. The Kier molecular flexibility index (Phi) is 41.4. The second-order valence-electron chi connectivity index (χ2n) is 20.1. The smallest absolute Gasteiger partial charge is 0.306 e. The molecule has 2 heterocycles. The molecule has 0 saturated carbocycles. The first-order valence-corrected chi connectivity index (χ1v) is 28.7. The molecule has 0 radical (unpaired) electrons. The van der Waals surface area contributed by atoms with Crippen LogP contribution in [0.25, 0.3) is 0 Å². The average molecular weight is 1030 g/mol. The van der Waals surface area contributed by atoms with Crippen molar-refractivity contribution in [3.8, 4) is 0 Å². The van der Waals surface area contributed by atoms with Crippen molar-refractivity contribution in [2.75, 3.05) is 33.0 Å². The number of carbonyl (C=O) groups excluding carboxylic acids is 1. The van der Waals surface area contributed by atoms with Crippen LogP contribution in [-0.4, -0.2) is 142 Å². The van der Waals surface area contributed by atoms with E-state index in [2.05, 4.69) is 62.5 Å². The van der Waals surface area contributed by atoms with Gasteiger partial charge in [0.15, 0.2) is 12.6 Å². The molecule has 0 amide bonds. The van der Waals surface area contributed by atoms with Gasteiger partial charge in [-0.2, -0.15) is 0 Å². The number of aliphatic hydroxyl groups excluding tert-OH is 7. The normalized spacial score (nSPS) is 25.5. The molecule has 2 saturated heterocycles. The van der Waals surface area contributed by atoms with Gasteiger partial charge < -0.3 is 64.2 Å². The number of carbonyl (C=O) groups is 1. The van der Waals surface area contributed by atoms with Crippen molar-refractivity contribution in [3.63, 3.8) is 0 Å². The number of hydrogen-bond acceptors (Lipinski definition) is 14. The summed E-state index contributed by atoms with van der Waals surface area (Å²) in [6, 6.07) is 0. The zero-order valence-electron chi connectivity index (χ0n) is 44.9. The molecular weight excluding hydrogens is 921 g/mol. The highest BCUT2D eigenvalue weighted by atomic mass is 16.7. The molecule has 2 aliphatic rings. The molecular formula is C58H104O14. The van der Waals surface area contributed by atoms with Crippen LogP contribution in [0.3, 0.4) is 0 Å². The number of hydrogen-bond donors (Lipinski definition) is 7. The Morgan fingerprint density at radius 1 is 0.458 bits per heavy atom. The number of allylic oxidation sites excluding steroid dienone is 8. The van der Waals surface area contributed by atoms with Crippen molar-refractivity contribution >= 4 is 5.97 Å². The highest BCUT2D eigenvalue weighted by Crippen LogP contribution is 2.26. The lowest BCUT2D eigenvalue weighted by Crippen LogP contribution is -2.61.